The molecule has 0 saturated heterocycles. The van der Waals surface area contributed by atoms with Gasteiger partial charge in [0.1, 0.15) is 17.0 Å². The number of hydrogen-bond acceptors (Lipinski definition) is 2. The lowest BCUT2D eigenvalue weighted by molar-refractivity contribution is 0.669. The van der Waals surface area contributed by atoms with Crippen molar-refractivity contribution in [2.45, 2.75) is 13.3 Å². The van der Waals surface area contributed by atoms with Crippen LogP contribution >= 0.6 is 0 Å². The van der Waals surface area contributed by atoms with Crippen LogP contribution in [0.5, 0.6) is 0 Å². The molecule has 0 atom stereocenters. The minimum Gasteiger partial charge on any atom is -0.456 e. The molecule has 196 valence electrons. The Kier molecular flexibility index (Phi) is 5.26. The first-order chi connectivity index (χ1) is 20.2. The Balaban J connectivity index is 1.37. The van der Waals surface area contributed by atoms with Crippen LogP contribution in [0, 0.1) is 6.92 Å². The first-order valence-corrected chi connectivity index (χ1v) is 14.0. The summed E-state index contributed by atoms with van der Waals surface area (Å²) in [5.74, 6) is 0.711. The molecule has 7 aromatic rings. The van der Waals surface area contributed by atoms with Gasteiger partial charge in [-0.1, -0.05) is 97.1 Å². The SMILES string of the molecule is Cc1c2ccccc(/C=C3/C=CC=CC3)c(N)n1c1cc3oc4cc(-c5cccc6ccccc56)ccc4c3cc21. The van der Waals surface area contributed by atoms with Gasteiger partial charge >= 0.3 is 0 Å². The minimum atomic E-state index is 0.711. The zero-order valence-electron chi connectivity index (χ0n) is 22.8. The van der Waals surface area contributed by atoms with E-state index in [-0.39, 0.29) is 0 Å². The molecule has 0 spiro atoms. The van der Waals surface area contributed by atoms with Crippen LogP contribution in [0.4, 0.5) is 5.82 Å². The largest absolute Gasteiger partial charge is 0.456 e. The molecule has 0 radical (unpaired) electrons. The summed E-state index contributed by atoms with van der Waals surface area (Å²) in [7, 11) is 0. The second-order valence-electron chi connectivity index (χ2n) is 10.8. The minimum absolute atomic E-state index is 0.711. The second kappa shape index (κ2) is 9.14. The first kappa shape index (κ1) is 23.6. The van der Waals surface area contributed by atoms with Gasteiger partial charge in [0.05, 0.1) is 5.52 Å². The summed E-state index contributed by atoms with van der Waals surface area (Å²) in [6, 6.07) is 34.4. The highest BCUT2D eigenvalue weighted by atomic mass is 16.3. The third-order valence-electron chi connectivity index (χ3n) is 8.38. The number of nitrogens with two attached hydrogens (primary N) is 1. The predicted octanol–water partition coefficient (Wildman–Crippen LogP) is 10.2. The van der Waals surface area contributed by atoms with E-state index in [9.17, 15) is 0 Å². The van der Waals surface area contributed by atoms with Crippen LogP contribution in [-0.2, 0) is 0 Å². The Bertz CT molecular complexity index is 2300. The number of aromatic nitrogens is 1. The molecule has 0 unspecified atom stereocenters. The molecule has 1 aliphatic rings. The maximum absolute atomic E-state index is 6.95. The van der Waals surface area contributed by atoms with Crippen molar-refractivity contribution in [1.82, 2.24) is 4.40 Å². The number of benzene rings is 4. The van der Waals surface area contributed by atoms with Crippen molar-refractivity contribution in [2.24, 2.45) is 0 Å². The summed E-state index contributed by atoms with van der Waals surface area (Å²) in [6.45, 7) is 2.14. The van der Waals surface area contributed by atoms with Crippen molar-refractivity contribution in [3.05, 3.63) is 138 Å². The number of rotatable bonds is 2. The highest BCUT2D eigenvalue weighted by molar-refractivity contribution is 6.14. The second-order valence-corrected chi connectivity index (χ2v) is 10.8. The van der Waals surface area contributed by atoms with Crippen molar-refractivity contribution in [3.63, 3.8) is 0 Å². The molecular weight excluding hydrogens is 500 g/mol. The van der Waals surface area contributed by atoms with E-state index in [1.165, 1.54) is 27.3 Å². The Morgan fingerprint density at radius 2 is 1.54 bits per heavy atom. The molecule has 0 fully saturated rings. The van der Waals surface area contributed by atoms with Crippen LogP contribution in [0.25, 0.3) is 66.2 Å². The number of fused-ring (bicyclic) bond motifs is 9. The normalized spacial score (nSPS) is 14.3. The zero-order valence-corrected chi connectivity index (χ0v) is 22.8. The van der Waals surface area contributed by atoms with Crippen molar-refractivity contribution in [2.75, 3.05) is 5.73 Å². The number of nitrogen functional groups attached to an aromatic ring is 1. The van der Waals surface area contributed by atoms with Gasteiger partial charge in [-0.3, -0.25) is 4.40 Å². The first-order valence-electron chi connectivity index (χ1n) is 14.0. The molecule has 1 aliphatic carbocycles. The third-order valence-corrected chi connectivity index (χ3v) is 8.38. The molecule has 0 saturated carbocycles. The standard InChI is InChI=1S/C38H28N2O/c1-24-29-15-7-6-13-28(20-25-10-3-2-4-11-25)38(39)40(24)35-23-37-34(22-33(29)35)32-19-18-27(21-36(32)41-37)31-17-9-14-26-12-5-8-16-30(26)31/h2-10,12-23H,11,39H2,1H3/b13-6?,15-7?,25-20-,38-28?. The number of hydrogen-bond donors (Lipinski definition) is 1. The Morgan fingerprint density at radius 3 is 2.41 bits per heavy atom. The summed E-state index contributed by atoms with van der Waals surface area (Å²) < 4.78 is 8.72. The molecule has 41 heavy (non-hydrogen) atoms. The third kappa shape index (κ3) is 3.74. The maximum atomic E-state index is 6.95. The van der Waals surface area contributed by atoms with E-state index in [4.69, 9.17) is 10.2 Å². The van der Waals surface area contributed by atoms with Crippen molar-refractivity contribution < 1.29 is 4.42 Å². The highest BCUT2D eigenvalue weighted by Gasteiger charge is 2.16. The van der Waals surface area contributed by atoms with Crippen molar-refractivity contribution >= 4 is 60.9 Å². The van der Waals surface area contributed by atoms with E-state index < -0.39 is 0 Å². The van der Waals surface area contributed by atoms with Gasteiger partial charge in [0.15, 0.2) is 0 Å². The fourth-order valence-corrected chi connectivity index (χ4v) is 6.36. The van der Waals surface area contributed by atoms with Crippen LogP contribution in [0.2, 0.25) is 0 Å². The van der Waals surface area contributed by atoms with E-state index in [1.54, 1.807) is 0 Å². The molecule has 4 aromatic carbocycles. The van der Waals surface area contributed by atoms with Gasteiger partial charge in [-0.25, -0.2) is 0 Å². The fourth-order valence-electron chi connectivity index (χ4n) is 6.36. The number of aryl methyl sites for hydroxylation is 1. The summed E-state index contributed by atoms with van der Waals surface area (Å²) in [6.07, 6.45) is 11.5. The van der Waals surface area contributed by atoms with Crippen molar-refractivity contribution in [1.29, 1.82) is 0 Å². The van der Waals surface area contributed by atoms with E-state index in [2.05, 4.69) is 139 Å². The quantitative estimate of drug-likeness (QED) is 0.243. The average molecular weight is 529 g/mol. The molecule has 8 rings (SSSR count). The van der Waals surface area contributed by atoms with Gasteiger partial charge in [0, 0.05) is 38.9 Å². The zero-order chi connectivity index (χ0) is 27.5. The molecule has 3 heterocycles. The van der Waals surface area contributed by atoms with Crippen LogP contribution in [0.1, 0.15) is 17.7 Å². The molecule has 2 N–H and O–H groups in total. The van der Waals surface area contributed by atoms with Gasteiger partial charge in [0.25, 0.3) is 0 Å². The number of anilines is 1. The highest BCUT2D eigenvalue weighted by Crippen LogP contribution is 2.39. The monoisotopic (exact) mass is 528 g/mol. The number of furan rings is 1. The van der Waals surface area contributed by atoms with Gasteiger partial charge in [-0.05, 0) is 65.1 Å². The van der Waals surface area contributed by atoms with E-state index in [1.807, 2.05) is 0 Å². The van der Waals surface area contributed by atoms with Crippen LogP contribution < -0.4 is 5.73 Å². The Morgan fingerprint density at radius 1 is 0.732 bits per heavy atom. The Hall–Kier alpha value is -5.28. The molecule has 3 nitrogen and oxygen atoms in total. The predicted molar refractivity (Wildman–Crippen MR) is 174 cm³/mol. The van der Waals surface area contributed by atoms with Gasteiger partial charge < -0.3 is 10.2 Å². The van der Waals surface area contributed by atoms with E-state index in [0.29, 0.717) is 5.82 Å². The summed E-state index contributed by atoms with van der Waals surface area (Å²) in [5.41, 5.74) is 15.4. The maximum Gasteiger partial charge on any atom is 0.137 e. The topological polar surface area (TPSA) is 43.6 Å². The molecule has 0 amide bonds. The van der Waals surface area contributed by atoms with Crippen LogP contribution in [0.3, 0.4) is 0 Å². The number of allylic oxidation sites excluding steroid dienone is 5. The summed E-state index contributed by atoms with van der Waals surface area (Å²) >= 11 is 0. The van der Waals surface area contributed by atoms with Gasteiger partial charge in [-0.15, -0.1) is 0 Å². The van der Waals surface area contributed by atoms with Crippen molar-refractivity contribution in [3.8, 4) is 11.1 Å². The molecule has 3 heteroatoms. The molecule has 3 aromatic heterocycles. The lowest BCUT2D eigenvalue weighted by atomic mass is 9.97. The van der Waals surface area contributed by atoms with E-state index in [0.717, 1.165) is 56.1 Å². The molecular formula is C38H28N2O. The average Bonchev–Trinajstić information content (AvgIpc) is 3.51. The van der Waals surface area contributed by atoms with Gasteiger partial charge in [0.2, 0.25) is 0 Å². The lowest BCUT2D eigenvalue weighted by Crippen LogP contribution is -1.99. The van der Waals surface area contributed by atoms with E-state index >= 15 is 0 Å². The molecule has 0 aliphatic heterocycles. The van der Waals surface area contributed by atoms with Gasteiger partial charge in [-0.2, -0.15) is 0 Å². The number of nitrogens with zero attached hydrogens (tertiary/aromatic N) is 1. The van der Waals surface area contributed by atoms with Crippen LogP contribution in [-0.4, -0.2) is 4.40 Å². The fraction of sp³-hybridized carbons (Fsp3) is 0.0526. The summed E-state index contributed by atoms with van der Waals surface area (Å²) in [4.78, 5) is 0. The molecule has 2 bridgehead atoms. The van der Waals surface area contributed by atoms with Crippen LogP contribution in [0.15, 0.2) is 131 Å². The Labute approximate surface area is 237 Å². The smallest absolute Gasteiger partial charge is 0.137 e. The summed E-state index contributed by atoms with van der Waals surface area (Å²) in [5, 5.41) is 7.04. The lowest BCUT2D eigenvalue weighted by Gasteiger charge is -2.07.